The minimum atomic E-state index is -0.0854. The van der Waals surface area contributed by atoms with Crippen molar-refractivity contribution in [3.8, 4) is 5.75 Å². The molecule has 1 aromatic rings. The van der Waals surface area contributed by atoms with Gasteiger partial charge in [-0.25, -0.2) is 0 Å². The lowest BCUT2D eigenvalue weighted by Gasteiger charge is -2.09. The Labute approximate surface area is 104 Å². The Balaban J connectivity index is 2.74. The number of halogens is 1. The van der Waals surface area contributed by atoms with Gasteiger partial charge in [0.05, 0.1) is 12.7 Å². The van der Waals surface area contributed by atoms with Gasteiger partial charge < -0.3 is 10.1 Å². The molecule has 0 aromatic heterocycles. The van der Waals surface area contributed by atoms with Crippen LogP contribution < -0.4 is 10.1 Å². The molecule has 0 spiro atoms. The van der Waals surface area contributed by atoms with Crippen molar-refractivity contribution in [3.63, 3.8) is 0 Å². The number of methoxy groups -OCH3 is 1. The van der Waals surface area contributed by atoms with Crippen LogP contribution in [0, 0.1) is 0 Å². The average molecular weight is 286 g/mol. The molecule has 0 fully saturated rings. The van der Waals surface area contributed by atoms with Gasteiger partial charge in [-0.05, 0) is 24.6 Å². The second kappa shape index (κ2) is 6.53. The number of amides is 1. The largest absolute Gasteiger partial charge is 0.496 e. The van der Waals surface area contributed by atoms with Gasteiger partial charge in [0.2, 0.25) is 0 Å². The highest BCUT2D eigenvalue weighted by molar-refractivity contribution is 9.10. The van der Waals surface area contributed by atoms with Gasteiger partial charge in [-0.1, -0.05) is 29.3 Å². The fourth-order valence-corrected chi connectivity index (χ4v) is 1.67. The number of carbonyl (C=O) groups is 1. The van der Waals surface area contributed by atoms with Crippen LogP contribution in [0.5, 0.6) is 5.75 Å². The molecule has 88 valence electrons. The van der Waals surface area contributed by atoms with Crippen molar-refractivity contribution in [2.24, 2.45) is 0 Å². The standard InChI is InChI=1S/C12H16BrNO2/c1-3-4-7-14-12(15)10-6-5-9(13)8-11(10)16-2/h5-6,8H,3-4,7H2,1-2H3,(H,14,15). The molecule has 3 nitrogen and oxygen atoms in total. The highest BCUT2D eigenvalue weighted by Crippen LogP contribution is 2.23. The maximum Gasteiger partial charge on any atom is 0.255 e. The van der Waals surface area contributed by atoms with Crippen molar-refractivity contribution in [1.82, 2.24) is 5.32 Å². The second-order valence-corrected chi connectivity index (χ2v) is 4.37. The molecule has 0 aliphatic heterocycles. The lowest BCUT2D eigenvalue weighted by molar-refractivity contribution is 0.0950. The van der Waals surface area contributed by atoms with E-state index < -0.39 is 0 Å². The van der Waals surface area contributed by atoms with E-state index in [0.29, 0.717) is 17.9 Å². The van der Waals surface area contributed by atoms with Gasteiger partial charge in [-0.2, -0.15) is 0 Å². The summed E-state index contributed by atoms with van der Waals surface area (Å²) in [5.74, 6) is 0.501. The Kier molecular flexibility index (Phi) is 5.32. The summed E-state index contributed by atoms with van der Waals surface area (Å²) < 4.78 is 6.06. The molecule has 0 atom stereocenters. The Morgan fingerprint density at radius 3 is 2.88 bits per heavy atom. The monoisotopic (exact) mass is 285 g/mol. The number of nitrogens with one attached hydrogen (secondary N) is 1. The molecule has 0 aliphatic rings. The first-order valence-corrected chi connectivity index (χ1v) is 6.10. The van der Waals surface area contributed by atoms with Crippen molar-refractivity contribution in [3.05, 3.63) is 28.2 Å². The van der Waals surface area contributed by atoms with Crippen LogP contribution >= 0.6 is 15.9 Å². The van der Waals surface area contributed by atoms with E-state index in [1.165, 1.54) is 0 Å². The van der Waals surface area contributed by atoms with E-state index in [1.807, 2.05) is 6.07 Å². The van der Waals surface area contributed by atoms with Crippen LogP contribution in [0.15, 0.2) is 22.7 Å². The summed E-state index contributed by atoms with van der Waals surface area (Å²) in [5, 5.41) is 2.86. The number of ether oxygens (including phenoxy) is 1. The smallest absolute Gasteiger partial charge is 0.255 e. The van der Waals surface area contributed by atoms with E-state index >= 15 is 0 Å². The second-order valence-electron chi connectivity index (χ2n) is 3.45. The number of hydrogen-bond acceptors (Lipinski definition) is 2. The summed E-state index contributed by atoms with van der Waals surface area (Å²) in [7, 11) is 1.56. The molecular formula is C12H16BrNO2. The van der Waals surface area contributed by atoms with E-state index in [4.69, 9.17) is 4.74 Å². The van der Waals surface area contributed by atoms with Crippen molar-refractivity contribution in [2.45, 2.75) is 19.8 Å². The SMILES string of the molecule is CCCCNC(=O)c1ccc(Br)cc1OC. The summed E-state index contributed by atoms with van der Waals surface area (Å²) in [6.07, 6.45) is 2.06. The van der Waals surface area contributed by atoms with Gasteiger partial charge in [-0.15, -0.1) is 0 Å². The summed E-state index contributed by atoms with van der Waals surface area (Å²) in [5.41, 5.74) is 0.571. The predicted molar refractivity (Wildman–Crippen MR) is 67.9 cm³/mol. The molecule has 0 aliphatic carbocycles. The molecule has 16 heavy (non-hydrogen) atoms. The van der Waals surface area contributed by atoms with Crippen molar-refractivity contribution < 1.29 is 9.53 Å². The van der Waals surface area contributed by atoms with Gasteiger partial charge in [-0.3, -0.25) is 4.79 Å². The zero-order valence-electron chi connectivity index (χ0n) is 9.55. The number of unbranched alkanes of at least 4 members (excludes halogenated alkanes) is 1. The summed E-state index contributed by atoms with van der Waals surface area (Å²) in [4.78, 5) is 11.8. The summed E-state index contributed by atoms with van der Waals surface area (Å²) in [6, 6.07) is 5.37. The quantitative estimate of drug-likeness (QED) is 0.845. The van der Waals surface area contributed by atoms with E-state index in [2.05, 4.69) is 28.2 Å². The maximum atomic E-state index is 11.8. The highest BCUT2D eigenvalue weighted by atomic mass is 79.9. The summed E-state index contributed by atoms with van der Waals surface area (Å²) >= 11 is 3.34. The summed E-state index contributed by atoms with van der Waals surface area (Å²) in [6.45, 7) is 2.79. The molecule has 4 heteroatoms. The number of carbonyl (C=O) groups excluding carboxylic acids is 1. The van der Waals surface area contributed by atoms with E-state index in [1.54, 1.807) is 19.2 Å². The van der Waals surface area contributed by atoms with E-state index in [0.717, 1.165) is 17.3 Å². The van der Waals surface area contributed by atoms with Crippen molar-refractivity contribution >= 4 is 21.8 Å². The van der Waals surface area contributed by atoms with Gasteiger partial charge in [0.25, 0.3) is 5.91 Å². The van der Waals surface area contributed by atoms with E-state index in [-0.39, 0.29) is 5.91 Å². The molecular weight excluding hydrogens is 270 g/mol. The van der Waals surface area contributed by atoms with Crippen LogP contribution in [0.25, 0.3) is 0 Å². The molecule has 1 rings (SSSR count). The Hall–Kier alpha value is -1.03. The van der Waals surface area contributed by atoms with Crippen LogP contribution in [0.2, 0.25) is 0 Å². The molecule has 0 unspecified atom stereocenters. The third-order valence-corrected chi connectivity index (χ3v) is 2.72. The predicted octanol–water partition coefficient (Wildman–Crippen LogP) is 2.99. The first kappa shape index (κ1) is 13.0. The van der Waals surface area contributed by atoms with Gasteiger partial charge in [0, 0.05) is 11.0 Å². The van der Waals surface area contributed by atoms with Crippen LogP contribution in [-0.4, -0.2) is 19.6 Å². The highest BCUT2D eigenvalue weighted by Gasteiger charge is 2.11. The molecule has 0 bridgehead atoms. The molecule has 1 aromatic carbocycles. The minimum Gasteiger partial charge on any atom is -0.496 e. The number of hydrogen-bond donors (Lipinski definition) is 1. The van der Waals surface area contributed by atoms with Gasteiger partial charge in [0.1, 0.15) is 5.75 Å². The molecule has 1 amide bonds. The third-order valence-electron chi connectivity index (χ3n) is 2.22. The Bertz CT molecular complexity index is 366. The van der Waals surface area contributed by atoms with Crippen LogP contribution in [0.4, 0.5) is 0 Å². The Morgan fingerprint density at radius 2 is 2.25 bits per heavy atom. The van der Waals surface area contributed by atoms with Crippen molar-refractivity contribution in [1.29, 1.82) is 0 Å². The van der Waals surface area contributed by atoms with Gasteiger partial charge >= 0.3 is 0 Å². The van der Waals surface area contributed by atoms with Crippen LogP contribution in [-0.2, 0) is 0 Å². The van der Waals surface area contributed by atoms with Crippen molar-refractivity contribution in [2.75, 3.05) is 13.7 Å². The van der Waals surface area contributed by atoms with Gasteiger partial charge in [0.15, 0.2) is 0 Å². The molecule has 0 saturated heterocycles. The lowest BCUT2D eigenvalue weighted by atomic mass is 10.2. The fourth-order valence-electron chi connectivity index (χ4n) is 1.33. The molecule has 0 heterocycles. The fraction of sp³-hybridized carbons (Fsp3) is 0.417. The normalized spacial score (nSPS) is 9.94. The molecule has 1 N–H and O–H groups in total. The zero-order valence-corrected chi connectivity index (χ0v) is 11.1. The number of rotatable bonds is 5. The molecule has 0 saturated carbocycles. The average Bonchev–Trinajstić information content (AvgIpc) is 2.29. The maximum absolute atomic E-state index is 11.8. The number of benzene rings is 1. The van der Waals surface area contributed by atoms with Crippen LogP contribution in [0.1, 0.15) is 30.1 Å². The topological polar surface area (TPSA) is 38.3 Å². The first-order valence-electron chi connectivity index (χ1n) is 5.30. The van der Waals surface area contributed by atoms with E-state index in [9.17, 15) is 4.79 Å². The lowest BCUT2D eigenvalue weighted by Crippen LogP contribution is -2.24. The Morgan fingerprint density at radius 1 is 1.50 bits per heavy atom. The molecule has 0 radical (unpaired) electrons. The zero-order chi connectivity index (χ0) is 12.0. The third kappa shape index (κ3) is 3.52. The first-order chi connectivity index (χ1) is 7.69. The van der Waals surface area contributed by atoms with Crippen LogP contribution in [0.3, 0.4) is 0 Å². The minimum absolute atomic E-state index is 0.0854.